The molecule has 0 spiro atoms. The molecule has 0 aliphatic carbocycles. The first-order chi connectivity index (χ1) is 11.3. The standard InChI is InChI=1S/C15H22N6O3/c1-9(2)15(3,8-16)19-11(22)7-21-6-4-5-10(21)14-18-13(12(17)23)20-24-14/h9-10H,4-7H2,1-3H3,(H2,17,23)(H,19,22)/t10-,15-/m1/s1. The van der Waals surface area contributed by atoms with Gasteiger partial charge in [-0.1, -0.05) is 19.0 Å². The Kier molecular flexibility index (Phi) is 5.19. The van der Waals surface area contributed by atoms with Crippen molar-refractivity contribution in [3.63, 3.8) is 0 Å². The lowest BCUT2D eigenvalue weighted by Crippen LogP contribution is -2.51. The fourth-order valence-corrected chi connectivity index (χ4v) is 2.58. The van der Waals surface area contributed by atoms with Crippen molar-refractivity contribution in [2.75, 3.05) is 13.1 Å². The van der Waals surface area contributed by atoms with E-state index in [4.69, 9.17) is 10.3 Å². The van der Waals surface area contributed by atoms with Gasteiger partial charge in [-0.25, -0.2) is 0 Å². The predicted octanol–water partition coefficient (Wildman–Crippen LogP) is 0.360. The van der Waals surface area contributed by atoms with Crippen LogP contribution in [0.4, 0.5) is 0 Å². The first kappa shape index (κ1) is 17.9. The highest BCUT2D eigenvalue weighted by Crippen LogP contribution is 2.30. The molecule has 0 aromatic carbocycles. The molecule has 1 aromatic heterocycles. The third kappa shape index (κ3) is 3.71. The van der Waals surface area contributed by atoms with E-state index in [2.05, 4.69) is 21.5 Å². The second kappa shape index (κ2) is 6.97. The maximum Gasteiger partial charge on any atom is 0.290 e. The van der Waals surface area contributed by atoms with Crippen molar-refractivity contribution in [1.29, 1.82) is 5.26 Å². The van der Waals surface area contributed by atoms with Crippen molar-refractivity contribution >= 4 is 11.8 Å². The SMILES string of the molecule is CC(C)[C@@](C)(C#N)NC(=O)CN1CCC[C@@H]1c1nc(C(N)=O)no1. The van der Waals surface area contributed by atoms with Gasteiger partial charge in [-0.15, -0.1) is 0 Å². The van der Waals surface area contributed by atoms with E-state index in [9.17, 15) is 14.9 Å². The van der Waals surface area contributed by atoms with Crippen LogP contribution in [-0.4, -0.2) is 45.5 Å². The maximum atomic E-state index is 12.3. The van der Waals surface area contributed by atoms with Crippen LogP contribution in [0.25, 0.3) is 0 Å². The molecule has 1 fully saturated rings. The Morgan fingerprint density at radius 1 is 1.58 bits per heavy atom. The van der Waals surface area contributed by atoms with Crippen molar-refractivity contribution in [3.05, 3.63) is 11.7 Å². The summed E-state index contributed by atoms with van der Waals surface area (Å²) >= 11 is 0. The van der Waals surface area contributed by atoms with Crippen LogP contribution in [0.5, 0.6) is 0 Å². The Morgan fingerprint density at radius 2 is 2.29 bits per heavy atom. The summed E-state index contributed by atoms with van der Waals surface area (Å²) in [6, 6.07) is 1.92. The number of aromatic nitrogens is 2. The first-order valence-electron chi connectivity index (χ1n) is 7.86. The number of carbonyl (C=O) groups excluding carboxylic acids is 2. The van der Waals surface area contributed by atoms with Gasteiger partial charge >= 0.3 is 0 Å². The van der Waals surface area contributed by atoms with Gasteiger partial charge in [0.1, 0.15) is 5.54 Å². The van der Waals surface area contributed by atoms with E-state index < -0.39 is 11.4 Å². The lowest BCUT2D eigenvalue weighted by atomic mass is 9.90. The molecule has 9 nitrogen and oxygen atoms in total. The third-order valence-electron chi connectivity index (χ3n) is 4.44. The average Bonchev–Trinajstić information content (AvgIpc) is 3.15. The smallest absolute Gasteiger partial charge is 0.290 e. The molecule has 0 radical (unpaired) electrons. The molecule has 1 aliphatic rings. The number of likely N-dealkylation sites (tertiary alicyclic amines) is 1. The van der Waals surface area contributed by atoms with Gasteiger partial charge in [-0.2, -0.15) is 10.2 Å². The number of primary amides is 1. The second-order valence-electron chi connectivity index (χ2n) is 6.47. The predicted molar refractivity (Wildman–Crippen MR) is 83.4 cm³/mol. The average molecular weight is 334 g/mol. The quantitative estimate of drug-likeness (QED) is 0.765. The van der Waals surface area contributed by atoms with Crippen LogP contribution in [-0.2, 0) is 4.79 Å². The number of nitriles is 1. The number of carbonyl (C=O) groups is 2. The molecule has 1 aliphatic heterocycles. The molecule has 1 aromatic rings. The fraction of sp³-hybridized carbons (Fsp3) is 0.667. The summed E-state index contributed by atoms with van der Waals surface area (Å²) in [6.07, 6.45) is 1.61. The molecule has 1 saturated heterocycles. The van der Waals surface area contributed by atoms with Gasteiger partial charge in [-0.3, -0.25) is 14.5 Å². The number of hydrogen-bond donors (Lipinski definition) is 2. The van der Waals surface area contributed by atoms with Crippen molar-refractivity contribution in [2.45, 2.75) is 45.2 Å². The van der Waals surface area contributed by atoms with E-state index in [-0.39, 0.29) is 36.1 Å². The van der Waals surface area contributed by atoms with Crippen molar-refractivity contribution in [1.82, 2.24) is 20.4 Å². The minimum Gasteiger partial charge on any atom is -0.363 e. The largest absolute Gasteiger partial charge is 0.363 e. The van der Waals surface area contributed by atoms with Gasteiger partial charge < -0.3 is 15.6 Å². The van der Waals surface area contributed by atoms with Gasteiger partial charge in [0.25, 0.3) is 11.7 Å². The van der Waals surface area contributed by atoms with Crippen molar-refractivity contribution in [3.8, 4) is 6.07 Å². The second-order valence-corrected chi connectivity index (χ2v) is 6.47. The van der Waals surface area contributed by atoms with Crippen molar-refractivity contribution in [2.24, 2.45) is 11.7 Å². The summed E-state index contributed by atoms with van der Waals surface area (Å²) in [4.78, 5) is 29.3. The monoisotopic (exact) mass is 334 g/mol. The van der Waals surface area contributed by atoms with Crippen molar-refractivity contribution < 1.29 is 14.1 Å². The number of nitrogens with zero attached hydrogens (tertiary/aromatic N) is 4. The maximum absolute atomic E-state index is 12.3. The van der Waals surface area contributed by atoms with Crippen LogP contribution in [0, 0.1) is 17.2 Å². The van der Waals surface area contributed by atoms with Crippen LogP contribution in [0.2, 0.25) is 0 Å². The van der Waals surface area contributed by atoms with Crippen LogP contribution in [0.15, 0.2) is 4.52 Å². The molecule has 3 N–H and O–H groups in total. The molecule has 130 valence electrons. The molecule has 24 heavy (non-hydrogen) atoms. The Bertz CT molecular complexity index is 664. The van der Waals surface area contributed by atoms with Crippen LogP contribution < -0.4 is 11.1 Å². The topological polar surface area (TPSA) is 138 Å². The Morgan fingerprint density at radius 3 is 2.83 bits per heavy atom. The van der Waals surface area contributed by atoms with Gasteiger partial charge in [-0.05, 0) is 32.2 Å². The number of hydrogen-bond acceptors (Lipinski definition) is 7. The Labute approximate surface area is 140 Å². The molecule has 0 saturated carbocycles. The number of rotatable bonds is 6. The summed E-state index contributed by atoms with van der Waals surface area (Å²) in [7, 11) is 0. The van der Waals surface area contributed by atoms with Crippen LogP contribution in [0.1, 0.15) is 56.2 Å². The van der Waals surface area contributed by atoms with E-state index in [0.29, 0.717) is 6.54 Å². The molecule has 9 heteroatoms. The lowest BCUT2D eigenvalue weighted by Gasteiger charge is -2.29. The van der Waals surface area contributed by atoms with Gasteiger partial charge in [0.15, 0.2) is 0 Å². The van der Waals surface area contributed by atoms with E-state index in [1.807, 2.05) is 18.7 Å². The highest BCUT2D eigenvalue weighted by molar-refractivity contribution is 5.88. The van der Waals surface area contributed by atoms with E-state index in [1.54, 1.807) is 6.92 Å². The van der Waals surface area contributed by atoms with Gasteiger partial charge in [0.2, 0.25) is 11.8 Å². The highest BCUT2D eigenvalue weighted by Gasteiger charge is 2.35. The van der Waals surface area contributed by atoms with Crippen LogP contribution in [0.3, 0.4) is 0 Å². The molecular weight excluding hydrogens is 312 g/mol. The minimum atomic E-state index is -0.921. The Hall–Kier alpha value is -2.47. The summed E-state index contributed by atoms with van der Waals surface area (Å²) in [6.45, 7) is 6.27. The number of nitrogens with two attached hydrogens (primary N) is 1. The number of nitrogens with one attached hydrogen (secondary N) is 1. The molecular formula is C15H22N6O3. The third-order valence-corrected chi connectivity index (χ3v) is 4.44. The van der Waals surface area contributed by atoms with Crippen LogP contribution >= 0.6 is 0 Å². The van der Waals surface area contributed by atoms with Gasteiger partial charge in [0, 0.05) is 0 Å². The molecule has 2 rings (SSSR count). The molecule has 2 heterocycles. The summed E-state index contributed by atoms with van der Waals surface area (Å²) in [5.41, 5.74) is 4.20. The Balaban J connectivity index is 2.04. The molecule has 0 unspecified atom stereocenters. The summed E-state index contributed by atoms with van der Waals surface area (Å²) in [5.74, 6) is -0.905. The zero-order valence-electron chi connectivity index (χ0n) is 14.1. The van der Waals surface area contributed by atoms with E-state index in [1.165, 1.54) is 0 Å². The zero-order valence-corrected chi connectivity index (χ0v) is 14.1. The normalized spacial score (nSPS) is 20.5. The van der Waals surface area contributed by atoms with Gasteiger partial charge in [0.05, 0.1) is 18.7 Å². The van der Waals surface area contributed by atoms with E-state index >= 15 is 0 Å². The number of amides is 2. The summed E-state index contributed by atoms with van der Waals surface area (Å²) in [5, 5.41) is 15.6. The fourth-order valence-electron chi connectivity index (χ4n) is 2.58. The summed E-state index contributed by atoms with van der Waals surface area (Å²) < 4.78 is 5.09. The zero-order chi connectivity index (χ0) is 17.9. The first-order valence-corrected chi connectivity index (χ1v) is 7.86. The highest BCUT2D eigenvalue weighted by atomic mass is 16.5. The molecule has 2 atom stereocenters. The molecule has 0 bridgehead atoms. The lowest BCUT2D eigenvalue weighted by molar-refractivity contribution is -0.124. The minimum absolute atomic E-state index is 0.0186. The molecule has 2 amide bonds. The van der Waals surface area contributed by atoms with E-state index in [0.717, 1.165) is 12.8 Å².